The Balaban J connectivity index is 1.23. The fraction of sp³-hybridized carbons (Fsp3) is 0.479. The van der Waals surface area contributed by atoms with Crippen molar-refractivity contribution in [2.45, 2.75) is 127 Å². The number of para-hydroxylation sites is 1. The summed E-state index contributed by atoms with van der Waals surface area (Å²) in [5, 5.41) is 14.8. The lowest BCUT2D eigenvalue weighted by molar-refractivity contribution is -0.141. The predicted octanol–water partition coefficient (Wildman–Crippen LogP) is 6.53. The lowest BCUT2D eigenvalue weighted by Gasteiger charge is -2.31. The Kier molecular flexibility index (Phi) is 14.7. The van der Waals surface area contributed by atoms with Gasteiger partial charge in [0.2, 0.25) is 17.7 Å². The molecule has 7 rings (SSSR count). The van der Waals surface area contributed by atoms with E-state index in [1.54, 1.807) is 72.1 Å². The van der Waals surface area contributed by atoms with Crippen molar-refractivity contribution in [3.8, 4) is 22.9 Å². The molecule has 2 aromatic carbocycles. The number of likely N-dealkylation sites (tertiary alicyclic amines) is 1. The van der Waals surface area contributed by atoms with Crippen LogP contribution in [0.5, 0.6) is 11.5 Å². The number of thiazole rings is 1. The second-order valence-electron chi connectivity index (χ2n) is 19.0. The highest BCUT2D eigenvalue weighted by molar-refractivity contribution is 7.90. The van der Waals surface area contributed by atoms with E-state index in [9.17, 15) is 32.4 Å². The quantitative estimate of drug-likeness (QED) is 0.101. The summed E-state index contributed by atoms with van der Waals surface area (Å²) in [7, 11) is -3.03. The first kappa shape index (κ1) is 49.6. The number of aromatic nitrogens is 2. The Morgan fingerprint density at radius 2 is 1.76 bits per heavy atom. The minimum atomic E-state index is -4.58. The molecule has 1 aliphatic carbocycles. The molecule has 1 saturated carbocycles. The Morgan fingerprint density at radius 1 is 1.00 bits per heavy atom. The molecule has 5 atom stereocenters. The molecule has 2 aromatic heterocycles. The van der Waals surface area contributed by atoms with Gasteiger partial charge in [-0.3, -0.25) is 19.2 Å². The largest absolute Gasteiger partial charge is 0.497 e. The van der Waals surface area contributed by atoms with Gasteiger partial charge in [-0.2, -0.15) is 0 Å². The van der Waals surface area contributed by atoms with Crippen LogP contribution >= 0.6 is 11.3 Å². The number of hydrogen-bond acceptors (Lipinski definition) is 14. The van der Waals surface area contributed by atoms with Crippen LogP contribution in [0.4, 0.5) is 15.6 Å². The van der Waals surface area contributed by atoms with Crippen LogP contribution in [0.3, 0.4) is 0 Å². The van der Waals surface area contributed by atoms with Crippen molar-refractivity contribution in [2.75, 3.05) is 24.3 Å². The summed E-state index contributed by atoms with van der Waals surface area (Å²) in [4.78, 5) is 80.7. The molecule has 0 bridgehead atoms. The van der Waals surface area contributed by atoms with Crippen molar-refractivity contribution in [2.24, 2.45) is 11.8 Å². The smallest absolute Gasteiger partial charge is 0.408 e. The van der Waals surface area contributed by atoms with E-state index in [0.717, 1.165) is 0 Å². The number of allylic oxidation sites excluding steroid dienone is 1. The summed E-state index contributed by atoms with van der Waals surface area (Å²) < 4.78 is 47.8. The number of methoxy groups -OCH3 is 1. The summed E-state index contributed by atoms with van der Waals surface area (Å²) in [6.45, 7) is 12.5. The van der Waals surface area contributed by atoms with Gasteiger partial charge in [0, 0.05) is 47.7 Å². The molecule has 18 nitrogen and oxygen atoms in total. The second-order valence-corrected chi connectivity index (χ2v) is 21.5. The van der Waals surface area contributed by atoms with E-state index in [4.69, 9.17) is 24.2 Å². The number of carbonyl (C=O) groups excluding carboxylic acids is 5. The van der Waals surface area contributed by atoms with Crippen LogP contribution in [-0.2, 0) is 33.9 Å². The molecule has 1 unspecified atom stereocenters. The highest BCUT2D eigenvalue weighted by Crippen LogP contribution is 2.46. The number of ether oxygens (including phenoxy) is 3. The number of benzene rings is 2. The normalized spacial score (nSPS) is 22.6. The third-order valence-electron chi connectivity index (χ3n) is 11.7. The first-order chi connectivity index (χ1) is 32.2. The maximum absolute atomic E-state index is 14.9. The van der Waals surface area contributed by atoms with Crippen LogP contribution in [-0.4, -0.2) is 102 Å². The van der Waals surface area contributed by atoms with Gasteiger partial charge in [-0.25, -0.2) is 27.9 Å². The lowest BCUT2D eigenvalue weighted by Crippen LogP contribution is -2.59. The van der Waals surface area contributed by atoms with E-state index in [1.165, 1.54) is 34.4 Å². The van der Waals surface area contributed by atoms with Crippen LogP contribution in [0.1, 0.15) is 87.0 Å². The van der Waals surface area contributed by atoms with E-state index in [0.29, 0.717) is 58.2 Å². The van der Waals surface area contributed by atoms with E-state index in [-0.39, 0.29) is 48.3 Å². The molecule has 20 heteroatoms. The third-order valence-corrected chi connectivity index (χ3v) is 13.9. The first-order valence-corrected chi connectivity index (χ1v) is 25.2. The summed E-state index contributed by atoms with van der Waals surface area (Å²) in [6, 6.07) is 10.6. The zero-order valence-corrected chi connectivity index (χ0v) is 41.1. The van der Waals surface area contributed by atoms with Crippen LogP contribution in [0, 0.1) is 11.8 Å². The SMILES string of the molecule is COc1ccc2c(O[C@@H]3C[C@@H](C(=O)N[C@]45CC4/C=C/CCCCC(=O)Nc4ccccc4S(=O)(=O)NC5=O)N(C(=O)[C@@H](NC(=O)OC(C)(C)C)C(C)C)C3)cc(-c3csc(NC(C)C)n3)nc2c1. The molecule has 0 spiro atoms. The van der Waals surface area contributed by atoms with Crippen molar-refractivity contribution in [3.63, 3.8) is 0 Å². The molecular weight excluding hydrogens is 913 g/mol. The van der Waals surface area contributed by atoms with Gasteiger partial charge in [-0.15, -0.1) is 11.3 Å². The molecule has 1 saturated heterocycles. The molecular formula is C48H60N8O10S2. The predicted molar refractivity (Wildman–Crippen MR) is 258 cm³/mol. The summed E-state index contributed by atoms with van der Waals surface area (Å²) in [5.41, 5.74) is -0.916. The Labute approximate surface area is 400 Å². The highest BCUT2D eigenvalue weighted by Gasteiger charge is 2.62. The molecule has 68 heavy (non-hydrogen) atoms. The Morgan fingerprint density at radius 3 is 2.49 bits per heavy atom. The van der Waals surface area contributed by atoms with Crippen LogP contribution in [0.2, 0.25) is 0 Å². The minimum Gasteiger partial charge on any atom is -0.497 e. The number of anilines is 2. The standard InChI is InChI=1S/C48H60N8O10S2/c1-27(2)41(53-46(61)66-47(5,6)7)43(59)56-25-31(65-38-23-35(36-26-67-45(52-36)49-28(3)4)50-34-21-30(64-8)19-20-32(34)38)22-37(56)42(58)54-48-24-29(48)15-11-9-10-12-18-40(57)51-33-16-13-14-17-39(33)68(62,63)55-44(48)60/h11,13-17,19-21,23,26-29,31,37,41H,9-10,12,18,22,24-25H2,1-8H3,(H,49,52)(H,51,57)(H,53,61)(H,54,58)(H,55,60)/b15-11+/t29?,31-,37+,41+,48-/m1/s1. The van der Waals surface area contributed by atoms with Gasteiger partial charge in [0.15, 0.2) is 5.13 Å². The zero-order chi connectivity index (χ0) is 49.1. The van der Waals surface area contributed by atoms with Crippen LogP contribution < -0.4 is 35.5 Å². The maximum Gasteiger partial charge on any atom is 0.408 e. The highest BCUT2D eigenvalue weighted by atomic mass is 32.2. The number of sulfonamides is 1. The molecule has 4 aromatic rings. The Hall–Kier alpha value is -6.28. The van der Waals surface area contributed by atoms with Crippen LogP contribution in [0.15, 0.2) is 71.0 Å². The summed E-state index contributed by atoms with van der Waals surface area (Å²) in [6.07, 6.45) is 3.96. The van der Waals surface area contributed by atoms with E-state index in [2.05, 4.69) is 26.0 Å². The number of carbonyl (C=O) groups is 5. The average molecular weight is 973 g/mol. The fourth-order valence-corrected chi connectivity index (χ4v) is 10.4. The number of fused-ring (bicyclic) bond motifs is 3. The van der Waals surface area contributed by atoms with Gasteiger partial charge in [0.05, 0.1) is 30.6 Å². The van der Waals surface area contributed by atoms with E-state index >= 15 is 0 Å². The number of amides is 5. The number of nitrogens with one attached hydrogen (secondary N) is 5. The van der Waals surface area contributed by atoms with Gasteiger partial charge in [-0.1, -0.05) is 38.1 Å². The number of nitrogens with zero attached hydrogens (tertiary/aromatic N) is 3. The second kappa shape index (κ2) is 20.1. The van der Waals surface area contributed by atoms with Crippen molar-refractivity contribution < 1.29 is 46.6 Å². The van der Waals surface area contributed by atoms with E-state index in [1.807, 2.05) is 31.4 Å². The van der Waals surface area contributed by atoms with Gasteiger partial charge in [0.25, 0.3) is 15.9 Å². The molecule has 2 aliphatic heterocycles. The monoisotopic (exact) mass is 972 g/mol. The molecule has 5 amide bonds. The molecule has 2 fully saturated rings. The number of alkyl carbamates (subject to hydrolysis) is 1. The molecule has 3 aliphatic rings. The molecule has 5 N–H and O–H groups in total. The first-order valence-electron chi connectivity index (χ1n) is 22.8. The maximum atomic E-state index is 14.9. The number of rotatable bonds is 11. The van der Waals surface area contributed by atoms with Crippen molar-refractivity contribution in [3.05, 3.63) is 66.1 Å². The van der Waals surface area contributed by atoms with Crippen LogP contribution in [0.25, 0.3) is 22.3 Å². The van der Waals surface area contributed by atoms with Crippen molar-refractivity contribution in [1.82, 2.24) is 30.2 Å². The molecule has 4 heterocycles. The summed E-state index contributed by atoms with van der Waals surface area (Å²) >= 11 is 1.43. The molecule has 364 valence electrons. The lowest BCUT2D eigenvalue weighted by atomic mass is 10.0. The topological polar surface area (TPSA) is 236 Å². The van der Waals surface area contributed by atoms with Gasteiger partial charge in [0.1, 0.15) is 51.4 Å². The number of pyridine rings is 1. The average Bonchev–Trinajstić information content (AvgIpc) is 3.52. The van der Waals surface area contributed by atoms with Gasteiger partial charge < -0.3 is 40.4 Å². The van der Waals surface area contributed by atoms with Crippen molar-refractivity contribution >= 4 is 72.8 Å². The van der Waals surface area contributed by atoms with Crippen molar-refractivity contribution in [1.29, 1.82) is 0 Å². The fourth-order valence-electron chi connectivity index (χ4n) is 8.30. The number of hydrogen-bond donors (Lipinski definition) is 5. The van der Waals surface area contributed by atoms with Gasteiger partial charge >= 0.3 is 6.09 Å². The van der Waals surface area contributed by atoms with E-state index < -0.39 is 75.0 Å². The zero-order valence-electron chi connectivity index (χ0n) is 39.5. The Bertz CT molecular complexity index is 2720. The van der Waals surface area contributed by atoms with Gasteiger partial charge in [-0.05, 0) is 90.5 Å². The molecule has 0 radical (unpaired) electrons. The summed E-state index contributed by atoms with van der Waals surface area (Å²) in [5.74, 6) is -2.76. The third kappa shape index (κ3) is 11.5. The minimum absolute atomic E-state index is 0.00906.